The first-order valence-corrected chi connectivity index (χ1v) is 11.1. The van der Waals surface area contributed by atoms with E-state index in [2.05, 4.69) is 17.1 Å². The summed E-state index contributed by atoms with van der Waals surface area (Å²) in [6, 6.07) is 13.0. The summed E-state index contributed by atoms with van der Waals surface area (Å²) in [7, 11) is 0. The van der Waals surface area contributed by atoms with Crippen LogP contribution in [-0.2, 0) is 29.0 Å². The zero-order valence-corrected chi connectivity index (χ0v) is 18.4. The van der Waals surface area contributed by atoms with Crippen molar-refractivity contribution in [3.05, 3.63) is 64.8 Å². The SMILES string of the molecule is CCN1CCc2nc3ccccc3c(C(=O)OCC(=O)NCc3ccc4c(c3)OCO4)c2C1. The van der Waals surface area contributed by atoms with Crippen molar-refractivity contribution in [2.75, 3.05) is 26.5 Å². The molecule has 2 aliphatic heterocycles. The van der Waals surface area contributed by atoms with Crippen LogP contribution in [0.25, 0.3) is 10.9 Å². The lowest BCUT2D eigenvalue weighted by Crippen LogP contribution is -2.33. The highest BCUT2D eigenvalue weighted by atomic mass is 16.7. The zero-order valence-electron chi connectivity index (χ0n) is 18.4. The van der Waals surface area contributed by atoms with Gasteiger partial charge in [0, 0.05) is 42.7 Å². The number of para-hydroxylation sites is 1. The van der Waals surface area contributed by atoms with Crippen molar-refractivity contribution in [1.82, 2.24) is 15.2 Å². The third-order valence-corrected chi connectivity index (χ3v) is 6.04. The maximum absolute atomic E-state index is 13.2. The molecule has 170 valence electrons. The summed E-state index contributed by atoms with van der Waals surface area (Å²) in [5, 5.41) is 3.53. The number of rotatable bonds is 6. The number of nitrogens with one attached hydrogen (secondary N) is 1. The van der Waals surface area contributed by atoms with Gasteiger partial charge in [0.05, 0.1) is 11.1 Å². The monoisotopic (exact) mass is 447 g/mol. The van der Waals surface area contributed by atoms with Gasteiger partial charge in [-0.25, -0.2) is 4.79 Å². The number of benzene rings is 2. The molecule has 0 saturated heterocycles. The molecule has 1 N–H and O–H groups in total. The van der Waals surface area contributed by atoms with Gasteiger partial charge in [-0.1, -0.05) is 31.2 Å². The molecule has 0 aliphatic carbocycles. The Morgan fingerprint density at radius 3 is 2.88 bits per heavy atom. The van der Waals surface area contributed by atoms with E-state index in [0.29, 0.717) is 30.2 Å². The quantitative estimate of drug-likeness (QED) is 0.581. The highest BCUT2D eigenvalue weighted by Gasteiger charge is 2.26. The Morgan fingerprint density at radius 1 is 1.15 bits per heavy atom. The van der Waals surface area contributed by atoms with E-state index in [4.69, 9.17) is 19.2 Å². The molecular weight excluding hydrogens is 422 g/mol. The van der Waals surface area contributed by atoms with Crippen molar-refractivity contribution in [2.24, 2.45) is 0 Å². The predicted molar refractivity (Wildman–Crippen MR) is 121 cm³/mol. The smallest absolute Gasteiger partial charge is 0.339 e. The first-order chi connectivity index (χ1) is 16.1. The molecule has 0 radical (unpaired) electrons. The molecule has 33 heavy (non-hydrogen) atoms. The van der Waals surface area contributed by atoms with E-state index >= 15 is 0 Å². The average molecular weight is 447 g/mol. The lowest BCUT2D eigenvalue weighted by Gasteiger charge is -2.28. The van der Waals surface area contributed by atoms with Gasteiger partial charge in [-0.2, -0.15) is 0 Å². The van der Waals surface area contributed by atoms with Crippen LogP contribution in [0.2, 0.25) is 0 Å². The fourth-order valence-electron chi connectivity index (χ4n) is 4.25. The molecule has 1 aromatic heterocycles. The summed E-state index contributed by atoms with van der Waals surface area (Å²) in [4.78, 5) is 32.6. The molecule has 8 heteroatoms. The highest BCUT2D eigenvalue weighted by molar-refractivity contribution is 6.05. The molecule has 5 rings (SSSR count). The number of hydrogen-bond acceptors (Lipinski definition) is 7. The standard InChI is InChI=1S/C25H25N3O5/c1-2-28-10-9-20-18(13-28)24(17-5-3-4-6-19(17)27-20)25(30)31-14-23(29)26-12-16-7-8-21-22(11-16)33-15-32-21/h3-8,11H,2,9-10,12-15H2,1H3,(H,26,29). The summed E-state index contributed by atoms with van der Waals surface area (Å²) in [5.74, 6) is 0.474. The molecule has 0 unspecified atom stereocenters. The lowest BCUT2D eigenvalue weighted by atomic mass is 9.96. The maximum Gasteiger partial charge on any atom is 0.339 e. The van der Waals surface area contributed by atoms with Crippen LogP contribution in [0.5, 0.6) is 11.5 Å². The first kappa shape index (κ1) is 21.2. The second kappa shape index (κ2) is 9.07. The molecule has 0 saturated carbocycles. The molecule has 0 spiro atoms. The molecular formula is C25H25N3O5. The van der Waals surface area contributed by atoms with Crippen molar-refractivity contribution in [2.45, 2.75) is 26.4 Å². The number of ether oxygens (including phenoxy) is 3. The van der Waals surface area contributed by atoms with E-state index in [-0.39, 0.29) is 19.3 Å². The number of carbonyl (C=O) groups excluding carboxylic acids is 2. The number of esters is 1. The number of likely N-dealkylation sites (N-methyl/N-ethyl adjacent to an activating group) is 1. The average Bonchev–Trinajstić information content (AvgIpc) is 3.32. The van der Waals surface area contributed by atoms with Crippen LogP contribution < -0.4 is 14.8 Å². The number of nitrogens with zero attached hydrogens (tertiary/aromatic N) is 2. The summed E-state index contributed by atoms with van der Waals surface area (Å²) < 4.78 is 16.1. The Balaban J connectivity index is 1.28. The van der Waals surface area contributed by atoms with Gasteiger partial charge in [0.15, 0.2) is 18.1 Å². The molecule has 0 atom stereocenters. The van der Waals surface area contributed by atoms with Crippen molar-refractivity contribution < 1.29 is 23.8 Å². The summed E-state index contributed by atoms with van der Waals surface area (Å²) in [6.07, 6.45) is 0.782. The lowest BCUT2D eigenvalue weighted by molar-refractivity contribution is -0.124. The van der Waals surface area contributed by atoms with Gasteiger partial charge in [-0.05, 0) is 30.3 Å². The zero-order chi connectivity index (χ0) is 22.8. The fourth-order valence-corrected chi connectivity index (χ4v) is 4.25. The topological polar surface area (TPSA) is 90.0 Å². The second-order valence-electron chi connectivity index (χ2n) is 8.09. The predicted octanol–water partition coefficient (Wildman–Crippen LogP) is 2.81. The molecule has 2 aliphatic rings. The van der Waals surface area contributed by atoms with Gasteiger partial charge in [0.25, 0.3) is 5.91 Å². The van der Waals surface area contributed by atoms with E-state index in [9.17, 15) is 9.59 Å². The first-order valence-electron chi connectivity index (χ1n) is 11.1. The number of aromatic nitrogens is 1. The number of fused-ring (bicyclic) bond motifs is 3. The maximum atomic E-state index is 13.2. The Labute approximate surface area is 191 Å². The van der Waals surface area contributed by atoms with E-state index in [1.807, 2.05) is 36.4 Å². The van der Waals surface area contributed by atoms with Crippen molar-refractivity contribution in [1.29, 1.82) is 0 Å². The van der Waals surface area contributed by atoms with Gasteiger partial charge >= 0.3 is 5.97 Å². The van der Waals surface area contributed by atoms with Crippen molar-refractivity contribution >= 4 is 22.8 Å². The third kappa shape index (κ3) is 4.34. The summed E-state index contributed by atoms with van der Waals surface area (Å²) in [5.41, 5.74) is 3.97. The molecule has 0 fully saturated rings. The van der Waals surface area contributed by atoms with Crippen LogP contribution in [0.15, 0.2) is 42.5 Å². The van der Waals surface area contributed by atoms with E-state index in [1.54, 1.807) is 6.07 Å². The van der Waals surface area contributed by atoms with E-state index in [1.165, 1.54) is 0 Å². The molecule has 8 nitrogen and oxygen atoms in total. The van der Waals surface area contributed by atoms with Crippen LogP contribution in [0.3, 0.4) is 0 Å². The van der Waals surface area contributed by atoms with Gasteiger partial charge < -0.3 is 19.5 Å². The van der Waals surface area contributed by atoms with Crippen LogP contribution in [-0.4, -0.2) is 48.2 Å². The molecule has 1 amide bonds. The molecule has 3 heterocycles. The molecule has 2 aromatic carbocycles. The normalized spacial score (nSPS) is 14.7. The van der Waals surface area contributed by atoms with Gasteiger partial charge in [-0.3, -0.25) is 14.7 Å². The van der Waals surface area contributed by atoms with Gasteiger partial charge in [0.1, 0.15) is 0 Å². The number of hydrogen-bond donors (Lipinski definition) is 1. The Kier molecular flexibility index (Phi) is 5.83. The number of amides is 1. The van der Waals surface area contributed by atoms with Crippen LogP contribution >= 0.6 is 0 Å². The highest BCUT2D eigenvalue weighted by Crippen LogP contribution is 2.32. The summed E-state index contributed by atoms with van der Waals surface area (Å²) >= 11 is 0. The fraction of sp³-hybridized carbons (Fsp3) is 0.320. The van der Waals surface area contributed by atoms with Crippen molar-refractivity contribution in [3.8, 4) is 11.5 Å². The third-order valence-electron chi connectivity index (χ3n) is 6.04. The largest absolute Gasteiger partial charge is 0.454 e. The van der Waals surface area contributed by atoms with E-state index < -0.39 is 5.97 Å². The minimum atomic E-state index is -0.499. The Morgan fingerprint density at radius 2 is 2.00 bits per heavy atom. The Bertz CT molecular complexity index is 1230. The second-order valence-corrected chi connectivity index (χ2v) is 8.09. The van der Waals surface area contributed by atoms with Gasteiger partial charge in [0.2, 0.25) is 6.79 Å². The van der Waals surface area contributed by atoms with E-state index in [0.717, 1.165) is 47.2 Å². The summed E-state index contributed by atoms with van der Waals surface area (Å²) in [6.45, 7) is 4.68. The Hall–Kier alpha value is -3.65. The van der Waals surface area contributed by atoms with Crippen LogP contribution in [0.4, 0.5) is 0 Å². The minimum Gasteiger partial charge on any atom is -0.454 e. The molecule has 3 aromatic rings. The van der Waals surface area contributed by atoms with Gasteiger partial charge in [-0.15, -0.1) is 0 Å². The molecule has 0 bridgehead atoms. The number of pyridine rings is 1. The van der Waals surface area contributed by atoms with Crippen LogP contribution in [0, 0.1) is 0 Å². The number of carbonyl (C=O) groups is 2. The minimum absolute atomic E-state index is 0.199. The van der Waals surface area contributed by atoms with Crippen LogP contribution in [0.1, 0.15) is 34.1 Å². The van der Waals surface area contributed by atoms with Crippen molar-refractivity contribution in [3.63, 3.8) is 0 Å².